The number of piperazine rings is 1. The van der Waals surface area contributed by atoms with Crippen LogP contribution in [0.15, 0.2) is 24.3 Å². The molecule has 108 valence electrons. The SMILES string of the molecule is CCN(Cc1cccc(C)c1)C(=O)C1CNC(=O)CN1. The van der Waals surface area contributed by atoms with E-state index in [1.807, 2.05) is 36.9 Å². The minimum Gasteiger partial charge on any atom is -0.353 e. The molecule has 1 saturated heterocycles. The van der Waals surface area contributed by atoms with E-state index < -0.39 is 0 Å². The molecule has 1 unspecified atom stereocenters. The van der Waals surface area contributed by atoms with Crippen molar-refractivity contribution in [2.45, 2.75) is 26.4 Å². The Hall–Kier alpha value is -1.88. The maximum absolute atomic E-state index is 12.4. The number of benzene rings is 1. The second-order valence-corrected chi connectivity index (χ2v) is 5.08. The molecule has 1 aliphatic rings. The number of amides is 2. The molecule has 5 nitrogen and oxygen atoms in total. The van der Waals surface area contributed by atoms with E-state index in [4.69, 9.17) is 0 Å². The first-order valence-corrected chi connectivity index (χ1v) is 6.94. The molecule has 0 aromatic heterocycles. The van der Waals surface area contributed by atoms with Gasteiger partial charge in [-0.05, 0) is 19.4 Å². The third-order valence-corrected chi connectivity index (χ3v) is 3.46. The van der Waals surface area contributed by atoms with Crippen molar-refractivity contribution in [2.75, 3.05) is 19.6 Å². The maximum atomic E-state index is 12.4. The molecule has 1 aromatic rings. The van der Waals surface area contributed by atoms with Gasteiger partial charge in [0.05, 0.1) is 6.54 Å². The molecule has 1 aromatic carbocycles. The van der Waals surface area contributed by atoms with Crippen molar-refractivity contribution >= 4 is 11.8 Å². The van der Waals surface area contributed by atoms with Crippen LogP contribution in [0.3, 0.4) is 0 Å². The molecule has 20 heavy (non-hydrogen) atoms. The Labute approximate surface area is 119 Å². The molecular weight excluding hydrogens is 254 g/mol. The molecule has 2 N–H and O–H groups in total. The molecule has 0 saturated carbocycles. The number of carbonyl (C=O) groups excluding carboxylic acids is 2. The zero-order chi connectivity index (χ0) is 14.5. The minimum atomic E-state index is -0.322. The van der Waals surface area contributed by atoms with Crippen molar-refractivity contribution in [3.05, 3.63) is 35.4 Å². The van der Waals surface area contributed by atoms with Gasteiger partial charge in [0.1, 0.15) is 6.04 Å². The van der Waals surface area contributed by atoms with E-state index in [0.717, 1.165) is 5.56 Å². The molecule has 2 rings (SSSR count). The number of likely N-dealkylation sites (N-methyl/N-ethyl adjacent to an activating group) is 1. The van der Waals surface area contributed by atoms with Crippen molar-refractivity contribution in [2.24, 2.45) is 0 Å². The van der Waals surface area contributed by atoms with Gasteiger partial charge in [0.25, 0.3) is 0 Å². The van der Waals surface area contributed by atoms with Crippen molar-refractivity contribution in [1.29, 1.82) is 0 Å². The van der Waals surface area contributed by atoms with E-state index >= 15 is 0 Å². The van der Waals surface area contributed by atoms with Gasteiger partial charge in [-0.1, -0.05) is 29.8 Å². The predicted molar refractivity (Wildman–Crippen MR) is 77.1 cm³/mol. The quantitative estimate of drug-likeness (QED) is 0.838. The normalized spacial score (nSPS) is 18.5. The van der Waals surface area contributed by atoms with E-state index in [0.29, 0.717) is 19.6 Å². The summed E-state index contributed by atoms with van der Waals surface area (Å²) in [6.45, 7) is 5.83. The summed E-state index contributed by atoms with van der Waals surface area (Å²) in [6, 6.07) is 7.84. The zero-order valence-corrected chi connectivity index (χ0v) is 12.0. The standard InChI is InChI=1S/C15H21N3O2/c1-3-18(10-12-6-4-5-11(2)7-12)15(20)13-8-17-14(19)9-16-13/h4-7,13,16H,3,8-10H2,1-2H3,(H,17,19). The first kappa shape index (κ1) is 14.5. The summed E-state index contributed by atoms with van der Waals surface area (Å²) in [7, 11) is 0. The highest BCUT2D eigenvalue weighted by Gasteiger charge is 2.27. The fourth-order valence-corrected chi connectivity index (χ4v) is 2.34. The van der Waals surface area contributed by atoms with Crippen LogP contribution in [0.25, 0.3) is 0 Å². The van der Waals surface area contributed by atoms with Crippen molar-refractivity contribution < 1.29 is 9.59 Å². The Morgan fingerprint density at radius 3 is 2.85 bits per heavy atom. The fraction of sp³-hybridized carbons (Fsp3) is 0.467. The van der Waals surface area contributed by atoms with Gasteiger partial charge >= 0.3 is 0 Å². The van der Waals surface area contributed by atoms with E-state index in [2.05, 4.69) is 16.7 Å². The van der Waals surface area contributed by atoms with Crippen LogP contribution in [0.5, 0.6) is 0 Å². The molecule has 1 heterocycles. The van der Waals surface area contributed by atoms with Crippen LogP contribution in [-0.2, 0) is 16.1 Å². The van der Waals surface area contributed by atoms with Gasteiger partial charge in [0.15, 0.2) is 0 Å². The second kappa shape index (κ2) is 6.52. The Morgan fingerprint density at radius 2 is 2.25 bits per heavy atom. The third kappa shape index (κ3) is 3.57. The number of carbonyl (C=O) groups is 2. The van der Waals surface area contributed by atoms with Gasteiger partial charge in [-0.15, -0.1) is 0 Å². The van der Waals surface area contributed by atoms with Gasteiger partial charge in [0.2, 0.25) is 11.8 Å². The Balaban J connectivity index is 2.00. The summed E-state index contributed by atoms with van der Waals surface area (Å²) in [5.74, 6) is -0.0233. The van der Waals surface area contributed by atoms with Crippen LogP contribution >= 0.6 is 0 Å². The topological polar surface area (TPSA) is 61.4 Å². The summed E-state index contributed by atoms with van der Waals surface area (Å²) in [5.41, 5.74) is 2.31. The first-order chi connectivity index (χ1) is 9.60. The summed E-state index contributed by atoms with van der Waals surface area (Å²) in [5, 5.41) is 5.69. The number of nitrogens with one attached hydrogen (secondary N) is 2. The number of hydrogen-bond donors (Lipinski definition) is 2. The largest absolute Gasteiger partial charge is 0.353 e. The van der Waals surface area contributed by atoms with Crippen LogP contribution in [0.1, 0.15) is 18.1 Å². The van der Waals surface area contributed by atoms with Gasteiger partial charge in [-0.3, -0.25) is 14.9 Å². The summed E-state index contributed by atoms with van der Waals surface area (Å²) >= 11 is 0. The second-order valence-electron chi connectivity index (χ2n) is 5.08. The molecule has 5 heteroatoms. The number of hydrogen-bond acceptors (Lipinski definition) is 3. The smallest absolute Gasteiger partial charge is 0.241 e. The summed E-state index contributed by atoms with van der Waals surface area (Å²) in [4.78, 5) is 25.3. The predicted octanol–water partition coefficient (Wildman–Crippen LogP) is 0.432. The van der Waals surface area contributed by atoms with E-state index in [9.17, 15) is 9.59 Å². The molecule has 2 amide bonds. The van der Waals surface area contributed by atoms with Gasteiger partial charge < -0.3 is 10.2 Å². The van der Waals surface area contributed by atoms with Gasteiger partial charge in [-0.2, -0.15) is 0 Å². The van der Waals surface area contributed by atoms with E-state index in [1.165, 1.54) is 5.56 Å². The zero-order valence-electron chi connectivity index (χ0n) is 12.0. The number of rotatable bonds is 4. The lowest BCUT2D eigenvalue weighted by atomic mass is 10.1. The van der Waals surface area contributed by atoms with E-state index in [1.54, 1.807) is 0 Å². The Bertz CT molecular complexity index is 492. The lowest BCUT2D eigenvalue weighted by Gasteiger charge is -2.29. The van der Waals surface area contributed by atoms with Crippen LogP contribution in [0.4, 0.5) is 0 Å². The molecule has 1 atom stereocenters. The summed E-state index contributed by atoms with van der Waals surface area (Å²) < 4.78 is 0. The van der Waals surface area contributed by atoms with Gasteiger partial charge in [-0.25, -0.2) is 0 Å². The molecule has 0 bridgehead atoms. The average molecular weight is 275 g/mol. The minimum absolute atomic E-state index is 0.0361. The van der Waals surface area contributed by atoms with Crippen molar-refractivity contribution in [3.63, 3.8) is 0 Å². The molecule has 0 aliphatic carbocycles. The molecule has 0 radical (unpaired) electrons. The van der Waals surface area contributed by atoms with Crippen molar-refractivity contribution in [1.82, 2.24) is 15.5 Å². The number of nitrogens with zero attached hydrogens (tertiary/aromatic N) is 1. The van der Waals surface area contributed by atoms with Crippen LogP contribution < -0.4 is 10.6 Å². The van der Waals surface area contributed by atoms with Crippen LogP contribution in [0.2, 0.25) is 0 Å². The van der Waals surface area contributed by atoms with Gasteiger partial charge in [0, 0.05) is 19.6 Å². The highest BCUT2D eigenvalue weighted by atomic mass is 16.2. The third-order valence-electron chi connectivity index (χ3n) is 3.46. The van der Waals surface area contributed by atoms with Crippen LogP contribution in [-0.4, -0.2) is 42.4 Å². The molecular formula is C15H21N3O2. The fourth-order valence-electron chi connectivity index (χ4n) is 2.34. The molecule has 1 fully saturated rings. The lowest BCUT2D eigenvalue weighted by molar-refractivity contribution is -0.135. The highest BCUT2D eigenvalue weighted by molar-refractivity contribution is 5.86. The highest BCUT2D eigenvalue weighted by Crippen LogP contribution is 2.09. The molecule has 1 aliphatic heterocycles. The lowest BCUT2D eigenvalue weighted by Crippen LogP contribution is -2.58. The monoisotopic (exact) mass is 275 g/mol. The average Bonchev–Trinajstić information content (AvgIpc) is 2.45. The van der Waals surface area contributed by atoms with Crippen LogP contribution in [0, 0.1) is 6.92 Å². The van der Waals surface area contributed by atoms with Crippen molar-refractivity contribution in [3.8, 4) is 0 Å². The first-order valence-electron chi connectivity index (χ1n) is 6.94. The Kier molecular flexibility index (Phi) is 4.74. The Morgan fingerprint density at radius 1 is 1.45 bits per heavy atom. The maximum Gasteiger partial charge on any atom is 0.241 e. The van der Waals surface area contributed by atoms with E-state index in [-0.39, 0.29) is 24.4 Å². The molecule has 0 spiro atoms. The number of aryl methyl sites for hydroxylation is 1. The summed E-state index contributed by atoms with van der Waals surface area (Å²) in [6.07, 6.45) is 0.